The van der Waals surface area contributed by atoms with Gasteiger partial charge in [-0.3, -0.25) is 14.5 Å². The number of nitrogens with zero attached hydrogens (tertiary/aromatic N) is 3. The molecule has 0 radical (unpaired) electrons. The average Bonchev–Trinajstić information content (AvgIpc) is 3.51. The highest BCUT2D eigenvalue weighted by molar-refractivity contribution is 7.09. The number of thiazole rings is 1. The van der Waals surface area contributed by atoms with Crippen molar-refractivity contribution in [1.82, 2.24) is 20.1 Å². The molecule has 7 nitrogen and oxygen atoms in total. The van der Waals surface area contributed by atoms with Gasteiger partial charge in [-0.2, -0.15) is 0 Å². The summed E-state index contributed by atoms with van der Waals surface area (Å²) < 4.78 is 5.43. The van der Waals surface area contributed by atoms with E-state index in [1.807, 2.05) is 62.5 Å². The predicted octanol–water partition coefficient (Wildman–Crippen LogP) is 3.78. The van der Waals surface area contributed by atoms with Crippen LogP contribution in [0.15, 0.2) is 58.7 Å². The molecule has 2 atom stereocenters. The molecule has 3 heterocycles. The second kappa shape index (κ2) is 10.3. The number of hydrogen-bond acceptors (Lipinski definition) is 6. The van der Waals surface area contributed by atoms with Gasteiger partial charge in [0.1, 0.15) is 16.8 Å². The molecule has 4 rings (SSSR count). The van der Waals surface area contributed by atoms with Crippen LogP contribution in [0.4, 0.5) is 0 Å². The number of aromatic nitrogens is 1. The van der Waals surface area contributed by atoms with Crippen molar-refractivity contribution in [1.29, 1.82) is 0 Å². The highest BCUT2D eigenvalue weighted by atomic mass is 32.1. The van der Waals surface area contributed by atoms with Crippen molar-refractivity contribution in [2.45, 2.75) is 45.9 Å². The van der Waals surface area contributed by atoms with E-state index in [0.717, 1.165) is 28.4 Å². The Morgan fingerprint density at radius 1 is 1.21 bits per heavy atom. The maximum absolute atomic E-state index is 13.3. The molecule has 2 unspecified atom stereocenters. The van der Waals surface area contributed by atoms with Gasteiger partial charge in [0.15, 0.2) is 0 Å². The van der Waals surface area contributed by atoms with E-state index in [2.05, 4.69) is 15.2 Å². The van der Waals surface area contributed by atoms with Gasteiger partial charge in [-0.25, -0.2) is 4.98 Å². The third-order valence-corrected chi connectivity index (χ3v) is 6.65. The molecule has 174 valence electrons. The number of piperazine rings is 1. The van der Waals surface area contributed by atoms with Gasteiger partial charge in [-0.05, 0) is 24.6 Å². The molecule has 1 N–H and O–H groups in total. The summed E-state index contributed by atoms with van der Waals surface area (Å²) in [6, 6.07) is 11.1. The van der Waals surface area contributed by atoms with Crippen molar-refractivity contribution in [2.75, 3.05) is 13.1 Å². The Morgan fingerprint density at radius 2 is 2.00 bits per heavy atom. The number of carbonyl (C=O) groups is 2. The molecule has 33 heavy (non-hydrogen) atoms. The Balaban J connectivity index is 1.44. The van der Waals surface area contributed by atoms with Crippen molar-refractivity contribution in [3.8, 4) is 11.3 Å². The van der Waals surface area contributed by atoms with Crippen molar-refractivity contribution < 1.29 is 14.0 Å². The molecule has 1 aromatic carbocycles. The monoisotopic (exact) mass is 466 g/mol. The van der Waals surface area contributed by atoms with Gasteiger partial charge in [0.2, 0.25) is 11.8 Å². The zero-order chi connectivity index (χ0) is 23.4. The molecule has 1 fully saturated rings. The van der Waals surface area contributed by atoms with Crippen LogP contribution in [0, 0.1) is 5.92 Å². The first kappa shape index (κ1) is 23.2. The zero-order valence-electron chi connectivity index (χ0n) is 19.2. The second-order valence-electron chi connectivity index (χ2n) is 8.78. The first-order chi connectivity index (χ1) is 15.9. The number of carbonyl (C=O) groups excluding carboxylic acids is 2. The lowest BCUT2D eigenvalue weighted by Gasteiger charge is -2.45. The van der Waals surface area contributed by atoms with E-state index in [1.165, 1.54) is 0 Å². The molecule has 0 bridgehead atoms. The zero-order valence-corrected chi connectivity index (χ0v) is 20.0. The number of hydrogen-bond donors (Lipinski definition) is 1. The third-order valence-electron chi connectivity index (χ3n) is 5.88. The van der Waals surface area contributed by atoms with E-state index in [4.69, 9.17) is 4.42 Å². The quantitative estimate of drug-likeness (QED) is 0.573. The summed E-state index contributed by atoms with van der Waals surface area (Å²) in [6.07, 6.45) is 3.44. The van der Waals surface area contributed by atoms with Gasteiger partial charge in [0.05, 0.1) is 12.8 Å². The smallest absolute Gasteiger partial charge is 0.244 e. The van der Waals surface area contributed by atoms with Crippen molar-refractivity contribution in [2.24, 2.45) is 5.92 Å². The van der Waals surface area contributed by atoms with Crippen LogP contribution in [0.25, 0.3) is 11.3 Å². The van der Waals surface area contributed by atoms with Gasteiger partial charge in [-0.1, -0.05) is 38.1 Å². The fourth-order valence-corrected chi connectivity index (χ4v) is 4.90. The lowest BCUT2D eigenvalue weighted by molar-refractivity contribution is -0.150. The largest absolute Gasteiger partial charge is 0.464 e. The molecule has 1 aliphatic heterocycles. The minimum atomic E-state index is -0.536. The van der Waals surface area contributed by atoms with E-state index in [1.54, 1.807) is 28.7 Å². The molecule has 2 amide bonds. The third kappa shape index (κ3) is 5.51. The number of furan rings is 1. The molecule has 0 spiro atoms. The lowest BCUT2D eigenvalue weighted by Crippen LogP contribution is -2.64. The summed E-state index contributed by atoms with van der Waals surface area (Å²) in [4.78, 5) is 34.6. The molecule has 1 saturated heterocycles. The van der Waals surface area contributed by atoms with E-state index in [-0.39, 0.29) is 23.8 Å². The number of nitrogens with one attached hydrogen (secondary N) is 1. The molecule has 0 saturated carbocycles. The van der Waals surface area contributed by atoms with Crippen molar-refractivity contribution >= 4 is 23.2 Å². The van der Waals surface area contributed by atoms with E-state index < -0.39 is 6.04 Å². The second-order valence-corrected chi connectivity index (χ2v) is 9.76. The summed E-state index contributed by atoms with van der Waals surface area (Å²) in [6.45, 7) is 8.07. The van der Waals surface area contributed by atoms with Crippen LogP contribution in [0.3, 0.4) is 0 Å². The van der Waals surface area contributed by atoms with Crippen LogP contribution in [-0.2, 0) is 22.7 Å². The first-order valence-electron chi connectivity index (χ1n) is 11.3. The van der Waals surface area contributed by atoms with Crippen molar-refractivity contribution in [3.05, 3.63) is 64.8 Å². The van der Waals surface area contributed by atoms with Crippen LogP contribution in [0.5, 0.6) is 0 Å². The maximum Gasteiger partial charge on any atom is 0.244 e. The van der Waals surface area contributed by atoms with E-state index >= 15 is 0 Å². The summed E-state index contributed by atoms with van der Waals surface area (Å²) in [5.41, 5.74) is 1.98. The van der Waals surface area contributed by atoms with E-state index in [0.29, 0.717) is 19.6 Å². The van der Waals surface area contributed by atoms with Gasteiger partial charge in [-0.15, -0.1) is 11.3 Å². The first-order valence-corrected chi connectivity index (χ1v) is 12.1. The Hall–Kier alpha value is -2.97. The Labute approximate surface area is 198 Å². The summed E-state index contributed by atoms with van der Waals surface area (Å²) in [5, 5.41) is 6.02. The molecular weight excluding hydrogens is 436 g/mol. The molecular formula is C25H30N4O3S. The number of amides is 2. The predicted molar refractivity (Wildman–Crippen MR) is 128 cm³/mol. The van der Waals surface area contributed by atoms with Gasteiger partial charge < -0.3 is 14.6 Å². The minimum absolute atomic E-state index is 0.0133. The molecule has 2 aromatic heterocycles. The highest BCUT2D eigenvalue weighted by Crippen LogP contribution is 2.22. The maximum atomic E-state index is 13.3. The van der Waals surface area contributed by atoms with Crippen molar-refractivity contribution in [3.63, 3.8) is 0 Å². The Kier molecular flexibility index (Phi) is 7.25. The Morgan fingerprint density at radius 3 is 2.64 bits per heavy atom. The van der Waals surface area contributed by atoms with Crippen LogP contribution >= 0.6 is 11.3 Å². The van der Waals surface area contributed by atoms with E-state index in [9.17, 15) is 9.59 Å². The normalized spacial score (nSPS) is 19.1. The summed E-state index contributed by atoms with van der Waals surface area (Å²) >= 11 is 1.61. The minimum Gasteiger partial charge on any atom is -0.464 e. The Bertz CT molecular complexity index is 1050. The molecule has 8 heteroatoms. The fraction of sp³-hybridized carbons (Fsp3) is 0.400. The van der Waals surface area contributed by atoms with Crippen LogP contribution in [0.2, 0.25) is 0 Å². The molecule has 3 aromatic rings. The van der Waals surface area contributed by atoms with Crippen LogP contribution in [0.1, 0.15) is 31.3 Å². The number of benzene rings is 1. The average molecular weight is 467 g/mol. The van der Waals surface area contributed by atoms with Crippen LogP contribution < -0.4 is 5.32 Å². The van der Waals surface area contributed by atoms with Gasteiger partial charge >= 0.3 is 0 Å². The van der Waals surface area contributed by atoms with Gasteiger partial charge in [0, 0.05) is 48.7 Å². The number of rotatable bonds is 7. The summed E-state index contributed by atoms with van der Waals surface area (Å²) in [5.74, 6) is 0.529. The topological polar surface area (TPSA) is 78.7 Å². The summed E-state index contributed by atoms with van der Waals surface area (Å²) in [7, 11) is 0. The highest BCUT2D eigenvalue weighted by Gasteiger charge is 2.40. The standard InChI is InChI=1S/C25H30N4O3S/c1-17(2)25(31)29-18(3)14-28(16-23-26-10-12-33-23)15-21(29)24(30)27-13-19-6-8-20(9-7-19)22-5-4-11-32-22/h4-12,17-18,21H,13-16H2,1-3H3,(H,27,30). The van der Waals surface area contributed by atoms with Crippen LogP contribution in [-0.4, -0.2) is 51.8 Å². The fourth-order valence-electron chi connectivity index (χ4n) is 4.24. The van der Waals surface area contributed by atoms with Gasteiger partial charge in [0.25, 0.3) is 0 Å². The SMILES string of the molecule is CC(C)C(=O)N1C(C)CN(Cc2nccs2)CC1C(=O)NCc1ccc(-c2ccco2)cc1. The lowest BCUT2D eigenvalue weighted by atomic mass is 10.0. The molecule has 1 aliphatic rings. The molecule has 0 aliphatic carbocycles.